The third kappa shape index (κ3) is 4.74. The lowest BCUT2D eigenvalue weighted by Gasteiger charge is -2.11. The third-order valence-corrected chi connectivity index (χ3v) is 5.75. The van der Waals surface area contributed by atoms with Crippen LogP contribution in [0.25, 0.3) is 0 Å². The van der Waals surface area contributed by atoms with Gasteiger partial charge in [-0.05, 0) is 37.5 Å². The second kappa shape index (κ2) is 8.61. The van der Waals surface area contributed by atoms with Gasteiger partial charge < -0.3 is 9.88 Å². The van der Waals surface area contributed by atoms with Gasteiger partial charge in [0.05, 0.1) is 18.0 Å². The molecule has 0 radical (unpaired) electrons. The van der Waals surface area contributed by atoms with Crippen LogP contribution in [0.1, 0.15) is 47.4 Å². The lowest BCUT2D eigenvalue weighted by molar-refractivity contribution is -0.113. The first-order valence-electron chi connectivity index (χ1n) is 9.61. The molecule has 2 aromatic carbocycles. The van der Waals surface area contributed by atoms with E-state index < -0.39 is 0 Å². The van der Waals surface area contributed by atoms with Crippen LogP contribution in [0.4, 0.5) is 5.69 Å². The standard InChI is InChI=1S/C22H22N4O2S/c1-15(27)18-9-5-6-10-19(18)23-20(28)14-29-22-25-24-21(17-11-12-17)26(22)13-16-7-3-2-4-8-16/h2-10,17H,11-14H2,1H3,(H,23,28). The van der Waals surface area contributed by atoms with E-state index in [1.54, 1.807) is 24.3 Å². The molecule has 0 spiro atoms. The van der Waals surface area contributed by atoms with Gasteiger partial charge in [0, 0.05) is 11.5 Å². The Balaban J connectivity index is 1.46. The molecule has 0 bridgehead atoms. The van der Waals surface area contributed by atoms with E-state index in [0.717, 1.165) is 23.8 Å². The van der Waals surface area contributed by atoms with Crippen LogP contribution in [0.3, 0.4) is 0 Å². The van der Waals surface area contributed by atoms with E-state index in [1.165, 1.54) is 24.2 Å². The average molecular weight is 407 g/mol. The van der Waals surface area contributed by atoms with E-state index in [2.05, 4.69) is 32.2 Å². The Labute approximate surface area is 173 Å². The maximum Gasteiger partial charge on any atom is 0.234 e. The Morgan fingerprint density at radius 2 is 1.79 bits per heavy atom. The molecule has 0 atom stereocenters. The fourth-order valence-electron chi connectivity index (χ4n) is 3.18. The SMILES string of the molecule is CC(=O)c1ccccc1NC(=O)CSc1nnc(C2CC2)n1Cc1ccccc1. The van der Waals surface area contributed by atoms with Gasteiger partial charge in [-0.3, -0.25) is 9.59 Å². The highest BCUT2D eigenvalue weighted by Gasteiger charge is 2.30. The van der Waals surface area contributed by atoms with Crippen LogP contribution in [0, 0.1) is 0 Å². The summed E-state index contributed by atoms with van der Waals surface area (Å²) in [7, 11) is 0. The Morgan fingerprint density at radius 3 is 2.52 bits per heavy atom. The minimum Gasteiger partial charge on any atom is -0.325 e. The first-order valence-corrected chi connectivity index (χ1v) is 10.6. The Kier molecular flexibility index (Phi) is 5.76. The van der Waals surface area contributed by atoms with Crippen LogP contribution in [0.15, 0.2) is 59.8 Å². The van der Waals surface area contributed by atoms with Gasteiger partial charge in [0.2, 0.25) is 5.91 Å². The van der Waals surface area contributed by atoms with Crippen LogP contribution < -0.4 is 5.32 Å². The molecule has 1 N–H and O–H groups in total. The number of anilines is 1. The van der Waals surface area contributed by atoms with Crippen molar-refractivity contribution in [1.29, 1.82) is 0 Å². The maximum atomic E-state index is 12.5. The molecular weight excluding hydrogens is 384 g/mol. The van der Waals surface area contributed by atoms with Gasteiger partial charge in [-0.1, -0.05) is 54.2 Å². The summed E-state index contributed by atoms with van der Waals surface area (Å²) in [6, 6.07) is 17.2. The smallest absolute Gasteiger partial charge is 0.234 e. The summed E-state index contributed by atoms with van der Waals surface area (Å²) in [5.41, 5.74) is 2.22. The van der Waals surface area contributed by atoms with Gasteiger partial charge in [-0.15, -0.1) is 10.2 Å². The molecule has 6 nitrogen and oxygen atoms in total. The molecular formula is C22H22N4O2S. The minimum atomic E-state index is -0.175. The molecule has 148 valence electrons. The van der Waals surface area contributed by atoms with Gasteiger partial charge in [0.1, 0.15) is 5.82 Å². The zero-order valence-corrected chi connectivity index (χ0v) is 17.0. The molecule has 4 rings (SSSR count). The maximum absolute atomic E-state index is 12.5. The molecule has 7 heteroatoms. The number of amides is 1. The second-order valence-corrected chi connectivity index (χ2v) is 8.07. The molecule has 0 saturated heterocycles. The summed E-state index contributed by atoms with van der Waals surface area (Å²) in [4.78, 5) is 24.2. The van der Waals surface area contributed by atoms with Crippen molar-refractivity contribution in [3.05, 3.63) is 71.5 Å². The minimum absolute atomic E-state index is 0.0785. The molecule has 1 fully saturated rings. The number of ketones is 1. The summed E-state index contributed by atoms with van der Waals surface area (Å²) in [6.45, 7) is 2.18. The Morgan fingerprint density at radius 1 is 1.07 bits per heavy atom. The molecule has 1 amide bonds. The summed E-state index contributed by atoms with van der Waals surface area (Å²) in [5, 5.41) is 12.3. The van der Waals surface area contributed by atoms with Gasteiger partial charge in [-0.25, -0.2) is 0 Å². The van der Waals surface area contributed by atoms with Crippen molar-refractivity contribution >= 4 is 29.1 Å². The number of Topliss-reactive ketones (excluding diaryl/α,β-unsaturated/α-hetero) is 1. The quantitative estimate of drug-likeness (QED) is 0.449. The van der Waals surface area contributed by atoms with Crippen molar-refractivity contribution in [3.8, 4) is 0 Å². The number of hydrogen-bond donors (Lipinski definition) is 1. The Hall–Kier alpha value is -2.93. The number of benzene rings is 2. The zero-order chi connectivity index (χ0) is 20.2. The first-order chi connectivity index (χ1) is 14.1. The highest BCUT2D eigenvalue weighted by atomic mass is 32.2. The molecule has 3 aromatic rings. The molecule has 1 aliphatic carbocycles. The number of hydrogen-bond acceptors (Lipinski definition) is 5. The molecule has 1 aliphatic rings. The number of para-hydroxylation sites is 1. The number of thioether (sulfide) groups is 1. The van der Waals surface area contributed by atoms with Crippen LogP contribution in [-0.2, 0) is 11.3 Å². The number of rotatable bonds is 8. The molecule has 0 aliphatic heterocycles. The van der Waals surface area contributed by atoms with Crippen LogP contribution in [0.5, 0.6) is 0 Å². The average Bonchev–Trinajstić information content (AvgIpc) is 3.49. The van der Waals surface area contributed by atoms with Gasteiger partial charge >= 0.3 is 0 Å². The van der Waals surface area contributed by atoms with E-state index in [4.69, 9.17) is 0 Å². The van der Waals surface area contributed by atoms with Crippen molar-refractivity contribution in [2.24, 2.45) is 0 Å². The van der Waals surface area contributed by atoms with Gasteiger partial charge in [0.25, 0.3) is 0 Å². The summed E-state index contributed by atoms with van der Waals surface area (Å²) < 4.78 is 2.12. The topological polar surface area (TPSA) is 76.9 Å². The van der Waals surface area contributed by atoms with Crippen LogP contribution >= 0.6 is 11.8 Å². The molecule has 1 heterocycles. The van der Waals surface area contributed by atoms with E-state index in [1.807, 2.05) is 18.2 Å². The van der Waals surface area contributed by atoms with Crippen molar-refractivity contribution in [3.63, 3.8) is 0 Å². The first kappa shape index (κ1) is 19.4. The molecule has 1 saturated carbocycles. The van der Waals surface area contributed by atoms with Gasteiger partial charge in [-0.2, -0.15) is 0 Å². The normalized spacial score (nSPS) is 13.3. The lowest BCUT2D eigenvalue weighted by Crippen LogP contribution is -2.16. The molecule has 29 heavy (non-hydrogen) atoms. The van der Waals surface area contributed by atoms with Crippen LogP contribution in [-0.4, -0.2) is 32.2 Å². The predicted octanol–water partition coefficient (Wildman–Crippen LogP) is 4.14. The second-order valence-electron chi connectivity index (χ2n) is 7.13. The number of nitrogens with zero attached hydrogens (tertiary/aromatic N) is 3. The fourth-order valence-corrected chi connectivity index (χ4v) is 3.93. The zero-order valence-electron chi connectivity index (χ0n) is 16.2. The summed E-state index contributed by atoms with van der Waals surface area (Å²) in [5.74, 6) is 1.41. The highest BCUT2D eigenvalue weighted by Crippen LogP contribution is 2.40. The van der Waals surface area contributed by atoms with E-state index in [0.29, 0.717) is 23.7 Å². The number of aromatic nitrogens is 3. The lowest BCUT2D eigenvalue weighted by atomic mass is 10.1. The van der Waals surface area contributed by atoms with Crippen molar-refractivity contribution < 1.29 is 9.59 Å². The van der Waals surface area contributed by atoms with Crippen molar-refractivity contribution in [1.82, 2.24) is 14.8 Å². The number of carbonyl (C=O) groups excluding carboxylic acids is 2. The molecule has 1 aromatic heterocycles. The monoisotopic (exact) mass is 406 g/mol. The van der Waals surface area contributed by atoms with E-state index >= 15 is 0 Å². The third-order valence-electron chi connectivity index (χ3n) is 4.78. The van der Waals surface area contributed by atoms with E-state index in [9.17, 15) is 9.59 Å². The largest absolute Gasteiger partial charge is 0.325 e. The highest BCUT2D eigenvalue weighted by molar-refractivity contribution is 7.99. The molecule has 0 unspecified atom stereocenters. The summed E-state index contributed by atoms with van der Waals surface area (Å²) >= 11 is 1.37. The summed E-state index contributed by atoms with van der Waals surface area (Å²) in [6.07, 6.45) is 2.28. The van der Waals surface area contributed by atoms with Crippen molar-refractivity contribution in [2.75, 3.05) is 11.1 Å². The predicted molar refractivity (Wildman–Crippen MR) is 113 cm³/mol. The van der Waals surface area contributed by atoms with Crippen molar-refractivity contribution in [2.45, 2.75) is 37.4 Å². The van der Waals surface area contributed by atoms with Gasteiger partial charge in [0.15, 0.2) is 10.9 Å². The van der Waals surface area contributed by atoms with Crippen LogP contribution in [0.2, 0.25) is 0 Å². The fraction of sp³-hybridized carbons (Fsp3) is 0.273. The number of nitrogens with one attached hydrogen (secondary N) is 1. The van der Waals surface area contributed by atoms with E-state index in [-0.39, 0.29) is 17.4 Å². The number of carbonyl (C=O) groups is 2. The Bertz CT molecular complexity index is 1030.